The van der Waals surface area contributed by atoms with Crippen LogP contribution in [-0.2, 0) is 11.2 Å². The van der Waals surface area contributed by atoms with E-state index in [0.717, 1.165) is 23.1 Å². The number of carbonyl (C=O) groups is 2. The highest BCUT2D eigenvalue weighted by molar-refractivity contribution is 5.95. The topological polar surface area (TPSA) is 58.6 Å². The number of carbonyl (C=O) groups excluding carboxylic acids is 2. The average Bonchev–Trinajstić information content (AvgIpc) is 2.85. The van der Waals surface area contributed by atoms with Crippen LogP contribution in [-0.4, -0.2) is 36.4 Å². The van der Waals surface area contributed by atoms with Crippen molar-refractivity contribution in [3.63, 3.8) is 0 Å². The minimum atomic E-state index is -0.237. The van der Waals surface area contributed by atoms with Gasteiger partial charge in [-0.3, -0.25) is 9.59 Å². The van der Waals surface area contributed by atoms with Crippen molar-refractivity contribution in [3.8, 4) is 5.75 Å². The molecular weight excluding hydrogens is 412 g/mol. The van der Waals surface area contributed by atoms with Gasteiger partial charge in [-0.25, -0.2) is 0 Å². The number of hydrogen-bond donors (Lipinski definition) is 1. The van der Waals surface area contributed by atoms with Gasteiger partial charge in [0.25, 0.3) is 11.8 Å². The molecule has 33 heavy (non-hydrogen) atoms. The minimum absolute atomic E-state index is 0.00267. The minimum Gasteiger partial charge on any atom is -0.484 e. The number of ether oxygens (including phenoxy) is 1. The summed E-state index contributed by atoms with van der Waals surface area (Å²) >= 11 is 0. The average molecular weight is 441 g/mol. The molecule has 168 valence electrons. The van der Waals surface area contributed by atoms with Crippen LogP contribution in [0.2, 0.25) is 0 Å². The Kier molecular flexibility index (Phi) is 6.89. The normalized spacial score (nSPS) is 14.8. The number of rotatable bonds is 7. The lowest BCUT2D eigenvalue weighted by molar-refractivity contribution is -0.122. The summed E-state index contributed by atoms with van der Waals surface area (Å²) < 4.78 is 5.77. The zero-order valence-electron chi connectivity index (χ0n) is 18.8. The molecule has 0 saturated carbocycles. The van der Waals surface area contributed by atoms with E-state index in [2.05, 4.69) is 37.0 Å². The summed E-state index contributed by atoms with van der Waals surface area (Å²) in [7, 11) is 0. The maximum Gasteiger partial charge on any atom is 0.258 e. The number of fused-ring (bicyclic) bond motifs is 1. The van der Waals surface area contributed by atoms with E-state index in [-0.39, 0.29) is 24.5 Å². The van der Waals surface area contributed by atoms with E-state index in [0.29, 0.717) is 24.4 Å². The second kappa shape index (κ2) is 10.2. The van der Waals surface area contributed by atoms with Crippen molar-refractivity contribution in [1.82, 2.24) is 10.2 Å². The van der Waals surface area contributed by atoms with Crippen LogP contribution in [0, 0.1) is 6.92 Å². The lowest BCUT2D eigenvalue weighted by Crippen LogP contribution is -2.40. The molecule has 0 unspecified atom stereocenters. The second-order valence-corrected chi connectivity index (χ2v) is 8.17. The molecule has 4 rings (SSSR count). The van der Waals surface area contributed by atoms with Crippen molar-refractivity contribution in [3.05, 3.63) is 113 Å². The third-order valence-electron chi connectivity index (χ3n) is 5.80. The Morgan fingerprint density at radius 3 is 2.67 bits per heavy atom. The van der Waals surface area contributed by atoms with E-state index >= 15 is 0 Å². The van der Waals surface area contributed by atoms with Gasteiger partial charge in [0.15, 0.2) is 6.61 Å². The van der Waals surface area contributed by atoms with Gasteiger partial charge in [-0.05, 0) is 54.3 Å². The molecule has 1 heterocycles. The number of amides is 2. The predicted molar refractivity (Wildman–Crippen MR) is 129 cm³/mol. The Hall–Kier alpha value is -3.86. The summed E-state index contributed by atoms with van der Waals surface area (Å²) in [5.74, 6) is 0.404. The molecule has 0 saturated heterocycles. The summed E-state index contributed by atoms with van der Waals surface area (Å²) in [5.41, 5.74) is 5.08. The van der Waals surface area contributed by atoms with Gasteiger partial charge in [0.2, 0.25) is 0 Å². The van der Waals surface area contributed by atoms with Crippen LogP contribution >= 0.6 is 0 Å². The van der Waals surface area contributed by atoms with Crippen molar-refractivity contribution in [2.75, 3.05) is 19.7 Å². The Bertz CT molecular complexity index is 1160. The van der Waals surface area contributed by atoms with Crippen molar-refractivity contribution in [2.45, 2.75) is 19.4 Å². The number of benzene rings is 3. The molecule has 3 aromatic carbocycles. The molecule has 1 N–H and O–H groups in total. The number of nitrogens with zero attached hydrogens (tertiary/aromatic N) is 1. The lowest BCUT2D eigenvalue weighted by Gasteiger charge is -2.38. The van der Waals surface area contributed by atoms with Crippen LogP contribution < -0.4 is 10.1 Å². The summed E-state index contributed by atoms with van der Waals surface area (Å²) in [6.45, 7) is 6.61. The van der Waals surface area contributed by atoms with Gasteiger partial charge < -0.3 is 15.0 Å². The van der Waals surface area contributed by atoms with Crippen molar-refractivity contribution < 1.29 is 14.3 Å². The Morgan fingerprint density at radius 2 is 1.91 bits per heavy atom. The molecule has 0 aliphatic carbocycles. The molecule has 5 nitrogen and oxygen atoms in total. The molecule has 0 spiro atoms. The fourth-order valence-electron chi connectivity index (χ4n) is 4.23. The third-order valence-corrected chi connectivity index (χ3v) is 5.80. The number of hydrogen-bond acceptors (Lipinski definition) is 3. The fourth-order valence-corrected chi connectivity index (χ4v) is 4.23. The van der Waals surface area contributed by atoms with E-state index < -0.39 is 0 Å². The van der Waals surface area contributed by atoms with Gasteiger partial charge in [0.05, 0.1) is 6.04 Å². The summed E-state index contributed by atoms with van der Waals surface area (Å²) in [6, 6.07) is 23.3. The first-order chi connectivity index (χ1) is 16.1. The molecule has 0 bridgehead atoms. The smallest absolute Gasteiger partial charge is 0.258 e. The van der Waals surface area contributed by atoms with Gasteiger partial charge >= 0.3 is 0 Å². The molecule has 0 fully saturated rings. The predicted octanol–water partition coefficient (Wildman–Crippen LogP) is 4.46. The molecule has 0 aromatic heterocycles. The van der Waals surface area contributed by atoms with Gasteiger partial charge in [0, 0.05) is 18.7 Å². The first kappa shape index (κ1) is 22.3. The SMILES string of the molecule is C=CCNC(=O)COc1ccc2c(c1)[C@@H](c1cccc(C)c1)N(C(=O)c1ccccc1)CC2. The molecule has 2 amide bonds. The Morgan fingerprint density at radius 1 is 1.09 bits per heavy atom. The van der Waals surface area contributed by atoms with Crippen LogP contribution in [0.4, 0.5) is 0 Å². The molecule has 3 aromatic rings. The van der Waals surface area contributed by atoms with Gasteiger partial charge in [-0.15, -0.1) is 6.58 Å². The highest BCUT2D eigenvalue weighted by atomic mass is 16.5. The molecule has 0 radical (unpaired) electrons. The number of aryl methyl sites for hydroxylation is 1. The monoisotopic (exact) mass is 440 g/mol. The van der Waals surface area contributed by atoms with Crippen LogP contribution in [0.25, 0.3) is 0 Å². The van der Waals surface area contributed by atoms with E-state index in [9.17, 15) is 9.59 Å². The van der Waals surface area contributed by atoms with Gasteiger partial charge in [-0.1, -0.05) is 60.2 Å². The van der Waals surface area contributed by atoms with Crippen molar-refractivity contribution >= 4 is 11.8 Å². The van der Waals surface area contributed by atoms with Crippen molar-refractivity contribution in [2.24, 2.45) is 0 Å². The molecule has 1 atom stereocenters. The maximum absolute atomic E-state index is 13.5. The largest absolute Gasteiger partial charge is 0.484 e. The van der Waals surface area contributed by atoms with Gasteiger partial charge in [0.1, 0.15) is 5.75 Å². The van der Waals surface area contributed by atoms with Crippen LogP contribution in [0.5, 0.6) is 5.75 Å². The Labute approximate surface area is 194 Å². The fraction of sp³-hybridized carbons (Fsp3) is 0.214. The highest BCUT2D eigenvalue weighted by Gasteiger charge is 2.33. The maximum atomic E-state index is 13.5. The molecular formula is C28H28N2O3. The Balaban J connectivity index is 1.69. The summed E-state index contributed by atoms with van der Waals surface area (Å²) in [4.78, 5) is 27.4. The quantitative estimate of drug-likeness (QED) is 0.552. The zero-order chi connectivity index (χ0) is 23.2. The van der Waals surface area contributed by atoms with E-state index in [1.54, 1.807) is 6.08 Å². The molecule has 1 aliphatic rings. The first-order valence-electron chi connectivity index (χ1n) is 11.1. The van der Waals surface area contributed by atoms with Crippen LogP contribution in [0.15, 0.2) is 85.5 Å². The van der Waals surface area contributed by atoms with E-state index in [1.165, 1.54) is 5.56 Å². The van der Waals surface area contributed by atoms with Crippen LogP contribution in [0.1, 0.15) is 38.7 Å². The molecule has 1 aliphatic heterocycles. The van der Waals surface area contributed by atoms with E-state index in [1.807, 2.05) is 59.5 Å². The molecule has 5 heteroatoms. The number of nitrogens with one attached hydrogen (secondary N) is 1. The first-order valence-corrected chi connectivity index (χ1v) is 11.1. The van der Waals surface area contributed by atoms with Gasteiger partial charge in [-0.2, -0.15) is 0 Å². The highest BCUT2D eigenvalue weighted by Crippen LogP contribution is 2.38. The third kappa shape index (κ3) is 5.14. The lowest BCUT2D eigenvalue weighted by atomic mass is 9.87. The van der Waals surface area contributed by atoms with Crippen LogP contribution in [0.3, 0.4) is 0 Å². The standard InChI is InChI=1S/C28H28N2O3/c1-3-15-29-26(31)19-33-24-13-12-21-14-16-30(28(32)22-9-5-4-6-10-22)27(25(21)18-24)23-11-7-8-20(2)17-23/h3-13,17-18,27H,1,14-16,19H2,2H3,(H,29,31)/t27-/m1/s1. The second-order valence-electron chi connectivity index (χ2n) is 8.17. The zero-order valence-corrected chi connectivity index (χ0v) is 18.8. The van der Waals surface area contributed by atoms with Crippen molar-refractivity contribution in [1.29, 1.82) is 0 Å². The van der Waals surface area contributed by atoms with E-state index in [4.69, 9.17) is 4.74 Å². The summed E-state index contributed by atoms with van der Waals surface area (Å²) in [5, 5.41) is 2.71. The summed E-state index contributed by atoms with van der Waals surface area (Å²) in [6.07, 6.45) is 2.39.